The van der Waals surface area contributed by atoms with E-state index in [2.05, 4.69) is 19.6 Å². The third kappa shape index (κ3) is 6.53. The van der Waals surface area contributed by atoms with Crippen LogP contribution in [0, 0.1) is 38.5 Å². The van der Waals surface area contributed by atoms with Gasteiger partial charge in [0.15, 0.2) is 0 Å². The van der Waals surface area contributed by atoms with E-state index >= 15 is 0 Å². The van der Waals surface area contributed by atoms with Crippen LogP contribution in [0.4, 0.5) is 10.5 Å². The summed E-state index contributed by atoms with van der Waals surface area (Å²) in [5, 5.41) is 2.10. The van der Waals surface area contributed by atoms with Gasteiger partial charge < -0.3 is 24.3 Å². The molecule has 42 heavy (non-hydrogen) atoms. The number of rotatable bonds is 8. The number of aryl methyl sites for hydroxylation is 3. The fourth-order valence-corrected chi connectivity index (χ4v) is 6.62. The maximum absolute atomic E-state index is 13.7. The van der Waals surface area contributed by atoms with Crippen molar-refractivity contribution in [2.24, 2.45) is 17.8 Å². The Kier molecular flexibility index (Phi) is 9.29. The number of methoxy groups -OCH3 is 1. The first-order valence-corrected chi connectivity index (χ1v) is 14.9. The molecule has 12 heteroatoms. The molecule has 2 amide bonds. The maximum atomic E-state index is 13.7. The van der Waals surface area contributed by atoms with Gasteiger partial charge >= 0.3 is 6.16 Å². The third-order valence-corrected chi connectivity index (χ3v) is 9.16. The van der Waals surface area contributed by atoms with Gasteiger partial charge in [-0.2, -0.15) is 0 Å². The molecule has 3 aliphatic rings. The number of hydrogen-bond acceptors (Lipinski definition) is 9. The fourth-order valence-electron chi connectivity index (χ4n) is 6.44. The highest BCUT2D eigenvalue weighted by atomic mass is 35.5. The van der Waals surface area contributed by atoms with E-state index in [0.717, 1.165) is 61.8 Å². The highest BCUT2D eigenvalue weighted by Gasteiger charge is 2.42. The lowest BCUT2D eigenvalue weighted by Crippen LogP contribution is -2.40. The minimum Gasteiger partial charge on any atom is -0.436 e. The zero-order chi connectivity index (χ0) is 30.0. The summed E-state index contributed by atoms with van der Waals surface area (Å²) in [5.41, 5.74) is 3.79. The molecule has 226 valence electrons. The molecule has 0 saturated carbocycles. The second-order valence-electron chi connectivity index (χ2n) is 11.6. The molecule has 2 aromatic rings. The van der Waals surface area contributed by atoms with Gasteiger partial charge in [-0.3, -0.25) is 9.59 Å². The zero-order valence-electron chi connectivity index (χ0n) is 24.7. The maximum Gasteiger partial charge on any atom is 0.527 e. The van der Waals surface area contributed by atoms with Crippen LogP contribution < -0.4 is 4.90 Å². The van der Waals surface area contributed by atoms with Crippen molar-refractivity contribution in [2.45, 2.75) is 33.6 Å². The van der Waals surface area contributed by atoms with Crippen molar-refractivity contribution in [1.82, 2.24) is 24.8 Å². The minimum absolute atomic E-state index is 0.00573. The molecule has 3 saturated heterocycles. The summed E-state index contributed by atoms with van der Waals surface area (Å²) < 4.78 is 4.58. The number of amides is 2. The Morgan fingerprint density at radius 3 is 2.36 bits per heavy atom. The van der Waals surface area contributed by atoms with E-state index in [9.17, 15) is 14.4 Å². The van der Waals surface area contributed by atoms with E-state index in [1.54, 1.807) is 0 Å². The molecule has 4 heterocycles. The molecule has 0 radical (unpaired) electrons. The lowest BCUT2D eigenvalue weighted by atomic mass is 10.0. The third-order valence-electron chi connectivity index (χ3n) is 8.75. The van der Waals surface area contributed by atoms with Crippen molar-refractivity contribution >= 4 is 35.3 Å². The SMILES string of the molecule is COC(=O)ON1CCC(C(=O)N(CCCN2CC3CN(C(=O)c4c(C)ncnc4C)CC3C2)c2ccc(C)c(Cl)c2)C1. The Bertz CT molecular complexity index is 1310. The number of anilines is 1. The number of likely N-dealkylation sites (tertiary alicyclic amines) is 2. The van der Waals surface area contributed by atoms with E-state index in [1.165, 1.54) is 18.5 Å². The lowest BCUT2D eigenvalue weighted by Gasteiger charge is -2.28. The molecule has 0 N–H and O–H groups in total. The summed E-state index contributed by atoms with van der Waals surface area (Å²) >= 11 is 6.44. The summed E-state index contributed by atoms with van der Waals surface area (Å²) in [6.07, 6.45) is 2.11. The van der Waals surface area contributed by atoms with Crippen molar-refractivity contribution < 1.29 is 24.0 Å². The van der Waals surface area contributed by atoms with E-state index in [1.807, 2.05) is 48.8 Å². The molecule has 3 aliphatic heterocycles. The van der Waals surface area contributed by atoms with Gasteiger partial charge in [-0.1, -0.05) is 17.7 Å². The van der Waals surface area contributed by atoms with Crippen molar-refractivity contribution in [3.8, 4) is 0 Å². The van der Waals surface area contributed by atoms with Gasteiger partial charge in [0, 0.05) is 56.5 Å². The second kappa shape index (κ2) is 12.9. The van der Waals surface area contributed by atoms with Gasteiger partial charge in [-0.25, -0.2) is 14.8 Å². The number of hydrogen-bond donors (Lipinski definition) is 0. The van der Waals surface area contributed by atoms with Crippen LogP contribution in [0.25, 0.3) is 0 Å². The number of halogens is 1. The first-order chi connectivity index (χ1) is 20.1. The highest BCUT2D eigenvalue weighted by molar-refractivity contribution is 6.31. The standard InChI is InChI=1S/C30H39ClN6O5/c1-19-6-7-25(12-26(19)31)37(28(38)22-8-11-36(17-22)42-30(40)41-4)10-5-9-34-13-23-15-35(16-24(23)14-34)29(39)27-20(2)32-18-33-21(27)3/h6-7,12,18,22-24H,5,8-11,13-17H2,1-4H3. The number of ether oxygens (including phenoxy) is 1. The van der Waals surface area contributed by atoms with Gasteiger partial charge in [0.2, 0.25) is 5.91 Å². The molecule has 3 unspecified atom stereocenters. The van der Waals surface area contributed by atoms with E-state index in [-0.39, 0.29) is 17.7 Å². The number of nitrogens with zero attached hydrogens (tertiary/aromatic N) is 6. The average molecular weight is 599 g/mol. The summed E-state index contributed by atoms with van der Waals surface area (Å²) in [6.45, 7) is 11.2. The largest absolute Gasteiger partial charge is 0.527 e. The predicted octanol–water partition coefficient (Wildman–Crippen LogP) is 3.50. The van der Waals surface area contributed by atoms with Crippen LogP contribution >= 0.6 is 11.6 Å². The van der Waals surface area contributed by atoms with Crippen molar-refractivity contribution in [1.29, 1.82) is 0 Å². The van der Waals surface area contributed by atoms with Crippen LogP contribution in [-0.2, 0) is 14.4 Å². The topological polar surface area (TPSA) is 108 Å². The summed E-state index contributed by atoms with van der Waals surface area (Å²) in [4.78, 5) is 58.3. The Labute approximate surface area is 251 Å². The Hall–Kier alpha value is -3.28. The van der Waals surface area contributed by atoms with Crippen LogP contribution in [0.15, 0.2) is 24.5 Å². The van der Waals surface area contributed by atoms with Crippen molar-refractivity contribution in [3.63, 3.8) is 0 Å². The smallest absolute Gasteiger partial charge is 0.436 e. The normalized spacial score (nSPS) is 22.3. The summed E-state index contributed by atoms with van der Waals surface area (Å²) in [6, 6.07) is 5.71. The number of carbonyl (C=O) groups is 3. The van der Waals surface area contributed by atoms with Crippen LogP contribution in [0.3, 0.4) is 0 Å². The Morgan fingerprint density at radius 2 is 1.71 bits per heavy atom. The summed E-state index contributed by atoms with van der Waals surface area (Å²) in [5.74, 6) is 0.597. The minimum atomic E-state index is -0.785. The first-order valence-electron chi connectivity index (χ1n) is 14.5. The lowest BCUT2D eigenvalue weighted by molar-refractivity contribution is -0.127. The second-order valence-corrected chi connectivity index (χ2v) is 12.0. The van der Waals surface area contributed by atoms with Crippen molar-refractivity contribution in [3.05, 3.63) is 52.1 Å². The number of carbonyl (C=O) groups excluding carboxylic acids is 3. The van der Waals surface area contributed by atoms with E-state index in [4.69, 9.17) is 16.4 Å². The predicted molar refractivity (Wildman–Crippen MR) is 157 cm³/mol. The molecule has 5 rings (SSSR count). The molecule has 0 bridgehead atoms. The molecular weight excluding hydrogens is 560 g/mol. The molecule has 0 spiro atoms. The molecular formula is C30H39ClN6O5. The van der Waals surface area contributed by atoms with Gasteiger partial charge in [0.1, 0.15) is 6.33 Å². The molecule has 0 aliphatic carbocycles. The number of fused-ring (bicyclic) bond motifs is 1. The summed E-state index contributed by atoms with van der Waals surface area (Å²) in [7, 11) is 1.26. The molecule has 3 fully saturated rings. The molecule has 11 nitrogen and oxygen atoms in total. The van der Waals surface area contributed by atoms with Crippen LogP contribution in [0.1, 0.15) is 40.2 Å². The molecule has 3 atom stereocenters. The Balaban J connectivity index is 1.17. The van der Waals surface area contributed by atoms with Crippen LogP contribution in [0.5, 0.6) is 0 Å². The monoisotopic (exact) mass is 598 g/mol. The number of aromatic nitrogens is 2. The average Bonchev–Trinajstić information content (AvgIpc) is 3.68. The van der Waals surface area contributed by atoms with Crippen LogP contribution in [-0.4, -0.2) is 102 Å². The molecule has 1 aromatic heterocycles. The first kappa shape index (κ1) is 30.2. The van der Waals surface area contributed by atoms with Gasteiger partial charge in [-0.15, -0.1) is 5.06 Å². The zero-order valence-corrected chi connectivity index (χ0v) is 25.5. The van der Waals surface area contributed by atoms with Crippen LogP contribution in [0.2, 0.25) is 5.02 Å². The highest BCUT2D eigenvalue weighted by Crippen LogP contribution is 2.33. The quantitative estimate of drug-likeness (QED) is 0.422. The van der Waals surface area contributed by atoms with E-state index in [0.29, 0.717) is 48.5 Å². The Morgan fingerprint density at radius 1 is 1.02 bits per heavy atom. The molecule has 1 aromatic carbocycles. The fraction of sp³-hybridized carbons (Fsp3) is 0.567. The number of hydroxylamine groups is 2. The van der Waals surface area contributed by atoms with E-state index < -0.39 is 6.16 Å². The van der Waals surface area contributed by atoms with Gasteiger partial charge in [0.25, 0.3) is 5.91 Å². The van der Waals surface area contributed by atoms with Gasteiger partial charge in [0.05, 0.1) is 30.0 Å². The van der Waals surface area contributed by atoms with Crippen molar-refractivity contribution in [2.75, 3.05) is 64.4 Å². The number of benzene rings is 1. The van der Waals surface area contributed by atoms with Gasteiger partial charge in [-0.05, 0) is 69.7 Å².